The minimum Gasteiger partial charge on any atom is -0.455 e. The normalized spacial score (nSPS) is 11.5. The third kappa shape index (κ3) is 13.0. The van der Waals surface area contributed by atoms with Crippen LogP contribution in [0.2, 0.25) is 0 Å². The zero-order chi connectivity index (χ0) is 82.0. The molecule has 0 bridgehead atoms. The van der Waals surface area contributed by atoms with Crippen LogP contribution >= 0.6 is 0 Å². The van der Waals surface area contributed by atoms with E-state index in [0.717, 1.165) is 127 Å². The number of aromatic nitrogens is 14. The zero-order valence-corrected chi connectivity index (χ0v) is 66.2. The van der Waals surface area contributed by atoms with Crippen molar-refractivity contribution in [3.8, 4) is 148 Å². The van der Waals surface area contributed by atoms with Crippen LogP contribution in [0.3, 0.4) is 0 Å². The third-order valence-electron chi connectivity index (χ3n) is 22.7. The van der Waals surface area contributed by atoms with Gasteiger partial charge >= 0.3 is 0 Å². The minimum absolute atomic E-state index is 0.502. The lowest BCUT2D eigenvalue weighted by Gasteiger charge is -2.11. The van der Waals surface area contributed by atoms with Gasteiger partial charge in [-0.25, -0.2) is 59.8 Å². The highest BCUT2D eigenvalue weighted by molar-refractivity contribution is 6.17. The van der Waals surface area contributed by atoms with Gasteiger partial charge in [0, 0.05) is 110 Å². The van der Waals surface area contributed by atoms with Crippen LogP contribution in [0.25, 0.3) is 236 Å². The van der Waals surface area contributed by atoms with E-state index < -0.39 is 0 Å². The highest BCUT2D eigenvalue weighted by atomic mass is 16.3. The van der Waals surface area contributed by atoms with Gasteiger partial charge in [-0.15, -0.1) is 0 Å². The van der Waals surface area contributed by atoms with Crippen molar-refractivity contribution in [3.63, 3.8) is 0 Å². The summed E-state index contributed by atoms with van der Waals surface area (Å²) >= 11 is 0. The van der Waals surface area contributed by atoms with E-state index in [1.807, 2.05) is 249 Å². The molecular formula is C108H66N14O2. The molecule has 0 unspecified atom stereocenters. The van der Waals surface area contributed by atoms with Gasteiger partial charge in [0.2, 0.25) is 0 Å². The second kappa shape index (κ2) is 30.6. The predicted molar refractivity (Wildman–Crippen MR) is 495 cm³/mol. The van der Waals surface area contributed by atoms with E-state index in [1.54, 1.807) is 0 Å². The first-order valence-electron chi connectivity index (χ1n) is 40.9. The molecule has 0 saturated carbocycles. The Morgan fingerprint density at radius 3 is 0.758 bits per heavy atom. The van der Waals surface area contributed by atoms with Crippen molar-refractivity contribution in [3.05, 3.63) is 400 Å². The van der Waals surface area contributed by atoms with E-state index in [2.05, 4.69) is 161 Å². The maximum Gasteiger partial charge on any atom is 0.167 e. The minimum atomic E-state index is 0.502. The number of benzene rings is 16. The predicted octanol–water partition coefficient (Wildman–Crippen LogP) is 26.1. The molecule has 0 aliphatic heterocycles. The summed E-state index contributed by atoms with van der Waals surface area (Å²) in [5, 5.41) is 8.35. The molecule has 0 N–H and O–H groups in total. The molecule has 16 nitrogen and oxygen atoms in total. The molecule has 0 amide bonds. The summed E-state index contributed by atoms with van der Waals surface area (Å²) in [6.45, 7) is 0. The SMILES string of the molecule is c1ccc(-c2nc(-c3ccc(-n4c5ccccc5c5ccccc54)cc3)nc(-c3cccc4c3oc3cccc(-c5nc(-c6ccccc6)nc(-c6ccccc6)n5)c34)n2)cc1.c1ccc(-c2nc(-c3ccc4c5ccccc5n(-c5ccccc5)c4c3)nc(-c3cccc4c3oc3cccc(-c5nc(-c6ccccc6)nc(-c6ccccc6)n5)c34)n2)cc1. The fraction of sp³-hybridized carbons (Fsp3) is 0. The lowest BCUT2D eigenvalue weighted by molar-refractivity contribution is 0.669. The Labute approximate surface area is 709 Å². The van der Waals surface area contributed by atoms with Gasteiger partial charge in [-0.05, 0) is 84.9 Å². The number of para-hydroxylation sites is 6. The summed E-state index contributed by atoms with van der Waals surface area (Å²) in [4.78, 5) is 60.9. The average molecular weight is 1590 g/mol. The van der Waals surface area contributed by atoms with Crippen LogP contribution in [0, 0.1) is 0 Å². The monoisotopic (exact) mass is 1590 g/mol. The van der Waals surface area contributed by atoms with Crippen LogP contribution in [0.15, 0.2) is 409 Å². The van der Waals surface area contributed by atoms with E-state index >= 15 is 0 Å². The molecule has 8 aromatic heterocycles. The van der Waals surface area contributed by atoms with Gasteiger partial charge in [-0.3, -0.25) is 0 Å². The second-order valence-electron chi connectivity index (χ2n) is 30.2. The molecular weight excluding hydrogens is 1530 g/mol. The Morgan fingerprint density at radius 2 is 0.403 bits per heavy atom. The van der Waals surface area contributed by atoms with Gasteiger partial charge < -0.3 is 18.0 Å². The van der Waals surface area contributed by atoms with Crippen molar-refractivity contribution in [2.75, 3.05) is 0 Å². The number of rotatable bonds is 14. The summed E-state index contributed by atoms with van der Waals surface area (Å²) in [5.41, 5.74) is 19.6. The summed E-state index contributed by atoms with van der Waals surface area (Å²) in [6.07, 6.45) is 0. The van der Waals surface area contributed by atoms with Gasteiger partial charge in [-0.2, -0.15) is 0 Å². The van der Waals surface area contributed by atoms with E-state index in [9.17, 15) is 0 Å². The summed E-state index contributed by atoms with van der Waals surface area (Å²) in [7, 11) is 0. The van der Waals surface area contributed by atoms with Crippen molar-refractivity contribution < 1.29 is 8.83 Å². The Hall–Kier alpha value is -17.2. The topological polar surface area (TPSA) is 191 Å². The van der Waals surface area contributed by atoms with Crippen molar-refractivity contribution >= 4 is 87.5 Å². The lowest BCUT2D eigenvalue weighted by Crippen LogP contribution is -2.01. The molecule has 16 heteroatoms. The van der Waals surface area contributed by atoms with E-state index in [0.29, 0.717) is 92.2 Å². The molecule has 0 spiro atoms. The van der Waals surface area contributed by atoms with Gasteiger partial charge in [0.05, 0.1) is 33.2 Å². The van der Waals surface area contributed by atoms with Crippen LogP contribution < -0.4 is 0 Å². The fourth-order valence-electron chi connectivity index (χ4n) is 16.9. The Balaban J connectivity index is 0.000000143. The largest absolute Gasteiger partial charge is 0.455 e. The van der Waals surface area contributed by atoms with Gasteiger partial charge in [0.1, 0.15) is 22.3 Å². The quantitative estimate of drug-likeness (QED) is 0.0999. The van der Waals surface area contributed by atoms with Crippen LogP contribution in [-0.4, -0.2) is 68.9 Å². The number of hydrogen-bond acceptors (Lipinski definition) is 14. The van der Waals surface area contributed by atoms with Crippen LogP contribution in [-0.2, 0) is 0 Å². The lowest BCUT2D eigenvalue weighted by atomic mass is 10.0. The van der Waals surface area contributed by atoms with Gasteiger partial charge in [0.25, 0.3) is 0 Å². The molecule has 0 fully saturated rings. The third-order valence-corrected chi connectivity index (χ3v) is 22.7. The number of fused-ring (bicyclic) bond motifs is 12. The highest BCUT2D eigenvalue weighted by Crippen LogP contribution is 2.45. The van der Waals surface area contributed by atoms with Gasteiger partial charge in [-0.1, -0.05) is 315 Å². The van der Waals surface area contributed by atoms with Crippen molar-refractivity contribution in [1.82, 2.24) is 68.9 Å². The first-order chi connectivity index (χ1) is 61.5. The molecule has 0 aliphatic carbocycles. The van der Waals surface area contributed by atoms with E-state index in [4.69, 9.17) is 68.6 Å². The maximum absolute atomic E-state index is 6.80. The zero-order valence-electron chi connectivity index (χ0n) is 66.2. The Kier molecular flexibility index (Phi) is 17.8. The first-order valence-corrected chi connectivity index (χ1v) is 40.9. The molecule has 0 aliphatic rings. The Bertz CT molecular complexity index is 8050. The van der Waals surface area contributed by atoms with Crippen molar-refractivity contribution in [2.24, 2.45) is 0 Å². The van der Waals surface area contributed by atoms with E-state index in [1.165, 1.54) is 16.2 Å². The molecule has 580 valence electrons. The maximum atomic E-state index is 6.80. The summed E-state index contributed by atoms with van der Waals surface area (Å²) in [5.74, 6) is 6.72. The molecule has 24 rings (SSSR count). The number of furan rings is 2. The summed E-state index contributed by atoms with van der Waals surface area (Å²) in [6, 6.07) is 135. The highest BCUT2D eigenvalue weighted by Gasteiger charge is 2.26. The average Bonchev–Trinajstić information content (AvgIpc) is 1.58. The standard InChI is InChI=1S/2C54H33N7O/c1-5-17-34(18-6-1)49-55-50(35-19-7-2-8-20-35)58-53(57-49)42-27-16-30-46-47(42)41-26-15-28-43(48(41)62-46)54-59-51(36-21-9-3-10-22-36)56-52(60-54)37-31-32-40-39-25-13-14-29-44(39)61(45(40)33-37)38-23-11-4-12-24-38;1-4-16-34(17-5-1)49-55-50(35-18-6-2-7-19-35)58-53(57-49)42-25-15-29-46-47(42)41-24-14-26-43(48(41)62-46)54-59-51(36-20-8-3-9-21-36)56-52(60-54)37-30-32-38(33-31-37)61-44-27-12-10-22-39(44)40-23-11-13-28-45(40)61/h2*1-33H. The number of hydrogen-bond donors (Lipinski definition) is 0. The second-order valence-corrected chi connectivity index (χ2v) is 30.2. The van der Waals surface area contributed by atoms with Gasteiger partial charge in [0.15, 0.2) is 69.9 Å². The summed E-state index contributed by atoms with van der Waals surface area (Å²) < 4.78 is 18.2. The van der Waals surface area contributed by atoms with E-state index in [-0.39, 0.29) is 0 Å². The molecule has 16 aromatic carbocycles. The molecule has 24 aromatic rings. The first kappa shape index (κ1) is 72.0. The molecule has 0 saturated heterocycles. The molecule has 0 radical (unpaired) electrons. The van der Waals surface area contributed by atoms with Crippen LogP contribution in [0.4, 0.5) is 0 Å². The van der Waals surface area contributed by atoms with Crippen LogP contribution in [0.1, 0.15) is 0 Å². The Morgan fingerprint density at radius 1 is 0.161 bits per heavy atom. The van der Waals surface area contributed by atoms with Crippen LogP contribution in [0.5, 0.6) is 0 Å². The molecule has 0 atom stereocenters. The van der Waals surface area contributed by atoms with Crippen molar-refractivity contribution in [1.29, 1.82) is 0 Å². The fourth-order valence-corrected chi connectivity index (χ4v) is 16.9. The van der Waals surface area contributed by atoms with Crippen molar-refractivity contribution in [2.45, 2.75) is 0 Å². The molecule has 124 heavy (non-hydrogen) atoms. The molecule has 8 heterocycles. The smallest absolute Gasteiger partial charge is 0.167 e. The number of nitrogens with zero attached hydrogens (tertiary/aromatic N) is 14.